The lowest BCUT2D eigenvalue weighted by Crippen LogP contribution is -2.50. The van der Waals surface area contributed by atoms with Crippen LogP contribution in [0.25, 0.3) is 0 Å². The van der Waals surface area contributed by atoms with Gasteiger partial charge in [-0.3, -0.25) is 4.79 Å². The number of carbonyl (C=O) groups is 1. The Hall–Kier alpha value is -1.46. The highest BCUT2D eigenvalue weighted by molar-refractivity contribution is 7.80. The van der Waals surface area contributed by atoms with Gasteiger partial charge in [-0.1, -0.05) is 30.4 Å². The van der Waals surface area contributed by atoms with Crippen LogP contribution in [0.3, 0.4) is 0 Å². The van der Waals surface area contributed by atoms with Crippen molar-refractivity contribution in [2.45, 2.75) is 13.0 Å². The molecule has 18 heavy (non-hydrogen) atoms. The molecule has 0 spiro atoms. The minimum absolute atomic E-state index is 0.0117. The van der Waals surface area contributed by atoms with Gasteiger partial charge in [0.25, 0.3) is 5.91 Å². The number of hydrogen-bond acceptors (Lipinski definition) is 3. The van der Waals surface area contributed by atoms with Gasteiger partial charge in [0.15, 0.2) is 0 Å². The molecule has 1 aromatic carbocycles. The summed E-state index contributed by atoms with van der Waals surface area (Å²) in [6.07, 6.45) is -0.332. The second-order valence-electron chi connectivity index (χ2n) is 4.33. The molecule has 1 atom stereocenters. The number of amides is 1. The standard InChI is InChI=1S/C13H16N2O2S/c1-9-4-2-3-5-10(9)13(16)15-6-7-17-11(8-15)12(14)18/h2-5,11H,6-8H2,1H3,(H2,14,18). The first-order valence-electron chi connectivity index (χ1n) is 5.85. The van der Waals surface area contributed by atoms with Gasteiger partial charge in [0, 0.05) is 12.1 Å². The molecule has 1 aliphatic heterocycles. The van der Waals surface area contributed by atoms with Crippen LogP contribution < -0.4 is 5.73 Å². The third-order valence-corrected chi connectivity index (χ3v) is 3.31. The Labute approximate surface area is 112 Å². The monoisotopic (exact) mass is 264 g/mol. The lowest BCUT2D eigenvalue weighted by Gasteiger charge is -2.32. The molecule has 2 rings (SSSR count). The molecule has 0 saturated carbocycles. The molecule has 0 radical (unpaired) electrons. The molecule has 0 aromatic heterocycles. The highest BCUT2D eigenvalue weighted by atomic mass is 32.1. The summed E-state index contributed by atoms with van der Waals surface area (Å²) in [7, 11) is 0. The summed E-state index contributed by atoms with van der Waals surface area (Å²) >= 11 is 4.91. The fourth-order valence-corrected chi connectivity index (χ4v) is 2.13. The van der Waals surface area contributed by atoms with Crippen LogP contribution in [-0.2, 0) is 4.74 Å². The Morgan fingerprint density at radius 2 is 2.22 bits per heavy atom. The predicted octanol–water partition coefficient (Wildman–Crippen LogP) is 1.12. The van der Waals surface area contributed by atoms with Gasteiger partial charge in [-0.25, -0.2) is 0 Å². The Morgan fingerprint density at radius 1 is 1.50 bits per heavy atom. The van der Waals surface area contributed by atoms with Crippen LogP contribution in [0, 0.1) is 6.92 Å². The van der Waals surface area contributed by atoms with Crippen molar-refractivity contribution in [1.82, 2.24) is 4.90 Å². The molecule has 2 N–H and O–H groups in total. The number of nitrogens with zero attached hydrogens (tertiary/aromatic N) is 1. The van der Waals surface area contributed by atoms with E-state index in [4.69, 9.17) is 22.7 Å². The summed E-state index contributed by atoms with van der Waals surface area (Å²) in [5.74, 6) is 0.0117. The van der Waals surface area contributed by atoms with Gasteiger partial charge < -0.3 is 15.4 Å². The van der Waals surface area contributed by atoms with E-state index in [1.165, 1.54) is 0 Å². The van der Waals surface area contributed by atoms with Crippen molar-refractivity contribution in [1.29, 1.82) is 0 Å². The second-order valence-corrected chi connectivity index (χ2v) is 4.80. The maximum absolute atomic E-state index is 12.4. The van der Waals surface area contributed by atoms with Crippen molar-refractivity contribution in [3.8, 4) is 0 Å². The van der Waals surface area contributed by atoms with Crippen LogP contribution in [0.2, 0.25) is 0 Å². The van der Waals surface area contributed by atoms with Gasteiger partial charge in [0.05, 0.1) is 13.2 Å². The van der Waals surface area contributed by atoms with Crippen molar-refractivity contribution >= 4 is 23.1 Å². The number of ether oxygens (including phenoxy) is 1. The molecule has 1 amide bonds. The molecule has 1 fully saturated rings. The van der Waals surface area contributed by atoms with Crippen LogP contribution in [0.15, 0.2) is 24.3 Å². The van der Waals surface area contributed by atoms with Crippen LogP contribution in [0.4, 0.5) is 0 Å². The zero-order valence-electron chi connectivity index (χ0n) is 10.3. The third kappa shape index (κ3) is 2.68. The van der Waals surface area contributed by atoms with Crippen molar-refractivity contribution in [2.75, 3.05) is 19.7 Å². The van der Waals surface area contributed by atoms with Crippen molar-refractivity contribution < 1.29 is 9.53 Å². The van der Waals surface area contributed by atoms with Gasteiger partial charge in [0.2, 0.25) is 0 Å². The minimum atomic E-state index is -0.332. The SMILES string of the molecule is Cc1ccccc1C(=O)N1CCOC(C(N)=S)C1. The fourth-order valence-electron chi connectivity index (χ4n) is 1.99. The van der Waals surface area contributed by atoms with Gasteiger partial charge in [-0.05, 0) is 18.6 Å². The van der Waals surface area contributed by atoms with Gasteiger partial charge >= 0.3 is 0 Å². The summed E-state index contributed by atoms with van der Waals surface area (Å²) in [4.78, 5) is 14.4. The van der Waals surface area contributed by atoms with Gasteiger partial charge in [-0.2, -0.15) is 0 Å². The van der Waals surface area contributed by atoms with Crippen molar-refractivity contribution in [2.24, 2.45) is 5.73 Å². The van der Waals surface area contributed by atoms with Crippen LogP contribution in [0.1, 0.15) is 15.9 Å². The highest BCUT2D eigenvalue weighted by Crippen LogP contribution is 2.14. The molecule has 4 nitrogen and oxygen atoms in total. The number of rotatable bonds is 2. The van der Waals surface area contributed by atoms with E-state index >= 15 is 0 Å². The maximum Gasteiger partial charge on any atom is 0.254 e. The number of benzene rings is 1. The molecule has 96 valence electrons. The third-order valence-electron chi connectivity index (χ3n) is 3.05. The Morgan fingerprint density at radius 3 is 2.89 bits per heavy atom. The second kappa shape index (κ2) is 5.46. The number of carbonyl (C=O) groups excluding carboxylic acids is 1. The van der Waals surface area contributed by atoms with E-state index in [1.807, 2.05) is 31.2 Å². The molecule has 1 aromatic rings. The van der Waals surface area contributed by atoms with E-state index in [9.17, 15) is 4.79 Å². The number of morpholine rings is 1. The number of hydrogen-bond donors (Lipinski definition) is 1. The van der Waals surface area contributed by atoms with Crippen molar-refractivity contribution in [3.63, 3.8) is 0 Å². The smallest absolute Gasteiger partial charge is 0.254 e. The molecule has 1 unspecified atom stereocenters. The van der Waals surface area contributed by atoms with Crippen LogP contribution in [-0.4, -0.2) is 41.6 Å². The maximum atomic E-state index is 12.4. The van der Waals surface area contributed by atoms with Crippen LogP contribution >= 0.6 is 12.2 Å². The molecule has 1 saturated heterocycles. The van der Waals surface area contributed by atoms with Gasteiger partial charge in [0.1, 0.15) is 11.1 Å². The zero-order valence-corrected chi connectivity index (χ0v) is 11.1. The lowest BCUT2D eigenvalue weighted by molar-refractivity contribution is 0.00875. The topological polar surface area (TPSA) is 55.6 Å². The molecule has 1 aliphatic rings. The fraction of sp³-hybridized carbons (Fsp3) is 0.385. The normalized spacial score (nSPS) is 19.6. The molecule has 0 aliphatic carbocycles. The first-order valence-corrected chi connectivity index (χ1v) is 6.26. The summed E-state index contributed by atoms with van der Waals surface area (Å²) in [5, 5.41) is 0. The number of nitrogens with two attached hydrogens (primary N) is 1. The van der Waals surface area contributed by atoms with Gasteiger partial charge in [-0.15, -0.1) is 0 Å². The van der Waals surface area contributed by atoms with E-state index in [-0.39, 0.29) is 12.0 Å². The quantitative estimate of drug-likeness (QED) is 0.813. The average Bonchev–Trinajstić information content (AvgIpc) is 2.38. The largest absolute Gasteiger partial charge is 0.391 e. The van der Waals surface area contributed by atoms with E-state index in [2.05, 4.69) is 0 Å². The zero-order chi connectivity index (χ0) is 13.1. The number of thiocarbonyl (C=S) groups is 1. The molecular formula is C13H16N2O2S. The van der Waals surface area contributed by atoms with Crippen LogP contribution in [0.5, 0.6) is 0 Å². The molecule has 1 heterocycles. The summed E-state index contributed by atoms with van der Waals surface area (Å²) in [5.41, 5.74) is 7.26. The minimum Gasteiger partial charge on any atom is -0.391 e. The van der Waals surface area contributed by atoms with E-state index in [1.54, 1.807) is 4.90 Å². The predicted molar refractivity (Wildman–Crippen MR) is 73.6 cm³/mol. The molecule has 5 heteroatoms. The first kappa shape index (κ1) is 13.0. The Bertz CT molecular complexity index is 476. The number of aryl methyl sites for hydroxylation is 1. The lowest BCUT2D eigenvalue weighted by atomic mass is 10.1. The van der Waals surface area contributed by atoms with Crippen molar-refractivity contribution in [3.05, 3.63) is 35.4 Å². The average molecular weight is 264 g/mol. The highest BCUT2D eigenvalue weighted by Gasteiger charge is 2.26. The summed E-state index contributed by atoms with van der Waals surface area (Å²) in [6, 6.07) is 7.55. The van der Waals surface area contributed by atoms with E-state index in [0.29, 0.717) is 24.7 Å². The molecule has 0 bridgehead atoms. The Kier molecular flexibility index (Phi) is 3.93. The summed E-state index contributed by atoms with van der Waals surface area (Å²) in [6.45, 7) is 3.41. The van der Waals surface area contributed by atoms with E-state index in [0.717, 1.165) is 11.1 Å². The first-order chi connectivity index (χ1) is 8.59. The Balaban J connectivity index is 2.14. The molecular weight excluding hydrogens is 248 g/mol. The van der Waals surface area contributed by atoms with E-state index < -0.39 is 0 Å². The summed E-state index contributed by atoms with van der Waals surface area (Å²) < 4.78 is 5.43.